The first-order valence-electron chi connectivity index (χ1n) is 6.69. The van der Waals surface area contributed by atoms with Crippen molar-refractivity contribution in [1.29, 1.82) is 0 Å². The second-order valence-corrected chi connectivity index (χ2v) is 5.64. The van der Waals surface area contributed by atoms with E-state index in [1.807, 2.05) is 6.07 Å². The van der Waals surface area contributed by atoms with E-state index in [0.717, 1.165) is 35.7 Å². The molecule has 0 amide bonds. The number of halogens is 1. The lowest BCUT2D eigenvalue weighted by molar-refractivity contribution is 0.589. The van der Waals surface area contributed by atoms with Gasteiger partial charge in [0.05, 0.1) is 0 Å². The monoisotopic (exact) mass is 294 g/mol. The molecule has 1 unspecified atom stereocenters. The van der Waals surface area contributed by atoms with E-state index in [4.69, 9.17) is 11.5 Å². The lowest BCUT2D eigenvalue weighted by atomic mass is 10.1. The van der Waals surface area contributed by atoms with Gasteiger partial charge < -0.3 is 11.5 Å². The molecule has 0 fully saturated rings. The van der Waals surface area contributed by atoms with E-state index in [1.165, 1.54) is 23.7 Å². The fourth-order valence-electron chi connectivity index (χ4n) is 1.93. The van der Waals surface area contributed by atoms with Gasteiger partial charge >= 0.3 is 0 Å². The molecule has 0 aliphatic carbocycles. The van der Waals surface area contributed by atoms with Crippen LogP contribution in [0.3, 0.4) is 0 Å². The number of nitrogens with zero attached hydrogens (tertiary/aromatic N) is 2. The summed E-state index contributed by atoms with van der Waals surface area (Å²) in [4.78, 5) is 4.47. The molecule has 4 N–H and O–H groups in total. The zero-order valence-electron chi connectivity index (χ0n) is 11.3. The third-order valence-electron chi connectivity index (χ3n) is 3.03. The van der Waals surface area contributed by atoms with Crippen LogP contribution in [0.5, 0.6) is 0 Å². The zero-order chi connectivity index (χ0) is 14.4. The van der Waals surface area contributed by atoms with E-state index in [2.05, 4.69) is 9.36 Å². The molecular formula is C14H19FN4S. The van der Waals surface area contributed by atoms with Crippen LogP contribution in [-0.4, -0.2) is 21.9 Å². The standard InChI is InChI=1S/C14H19FN4S/c15-11-4-1-3-10(7-11)8-13-18-14(20-19-13)6-2-5-12(17)9-16/h1,3-4,7,12H,2,5-6,8-9,16-17H2. The normalized spacial score (nSPS) is 12.6. The van der Waals surface area contributed by atoms with Crippen molar-refractivity contribution in [2.45, 2.75) is 31.7 Å². The van der Waals surface area contributed by atoms with Crippen molar-refractivity contribution in [3.05, 3.63) is 46.5 Å². The fraction of sp³-hybridized carbons (Fsp3) is 0.429. The summed E-state index contributed by atoms with van der Waals surface area (Å²) in [6, 6.07) is 6.59. The van der Waals surface area contributed by atoms with Crippen molar-refractivity contribution in [2.24, 2.45) is 11.5 Å². The highest BCUT2D eigenvalue weighted by molar-refractivity contribution is 7.05. The number of rotatable bonds is 7. The molecule has 0 saturated heterocycles. The van der Waals surface area contributed by atoms with Gasteiger partial charge in [-0.25, -0.2) is 9.37 Å². The van der Waals surface area contributed by atoms with Crippen molar-refractivity contribution in [2.75, 3.05) is 6.54 Å². The van der Waals surface area contributed by atoms with Crippen molar-refractivity contribution < 1.29 is 4.39 Å². The Morgan fingerprint density at radius 3 is 2.95 bits per heavy atom. The van der Waals surface area contributed by atoms with E-state index in [-0.39, 0.29) is 11.9 Å². The Morgan fingerprint density at radius 1 is 1.35 bits per heavy atom. The predicted octanol–water partition coefficient (Wildman–Crippen LogP) is 1.88. The van der Waals surface area contributed by atoms with E-state index in [1.54, 1.807) is 6.07 Å². The zero-order valence-corrected chi connectivity index (χ0v) is 12.1. The molecule has 1 heterocycles. The highest BCUT2D eigenvalue weighted by Crippen LogP contribution is 2.13. The lowest BCUT2D eigenvalue weighted by Gasteiger charge is -2.05. The van der Waals surface area contributed by atoms with Gasteiger partial charge in [0, 0.05) is 25.4 Å². The largest absolute Gasteiger partial charge is 0.329 e. The van der Waals surface area contributed by atoms with Crippen LogP contribution < -0.4 is 11.5 Å². The molecule has 6 heteroatoms. The summed E-state index contributed by atoms with van der Waals surface area (Å²) in [6.07, 6.45) is 3.30. The minimum atomic E-state index is -0.228. The molecule has 0 aliphatic rings. The number of aryl methyl sites for hydroxylation is 1. The first-order valence-corrected chi connectivity index (χ1v) is 7.46. The Balaban J connectivity index is 1.86. The molecule has 1 atom stereocenters. The molecular weight excluding hydrogens is 275 g/mol. The second kappa shape index (κ2) is 7.42. The summed E-state index contributed by atoms with van der Waals surface area (Å²) < 4.78 is 17.4. The molecule has 20 heavy (non-hydrogen) atoms. The van der Waals surface area contributed by atoms with Crippen molar-refractivity contribution in [3.8, 4) is 0 Å². The summed E-state index contributed by atoms with van der Waals surface area (Å²) >= 11 is 1.41. The average Bonchev–Trinajstić information content (AvgIpc) is 2.86. The maximum atomic E-state index is 13.1. The molecule has 4 nitrogen and oxygen atoms in total. The van der Waals surface area contributed by atoms with Gasteiger partial charge in [0.2, 0.25) is 0 Å². The lowest BCUT2D eigenvalue weighted by Crippen LogP contribution is -2.29. The Morgan fingerprint density at radius 2 is 2.20 bits per heavy atom. The van der Waals surface area contributed by atoms with Gasteiger partial charge in [0.25, 0.3) is 0 Å². The maximum Gasteiger partial charge on any atom is 0.146 e. The van der Waals surface area contributed by atoms with Gasteiger partial charge in [0.15, 0.2) is 0 Å². The molecule has 0 radical (unpaired) electrons. The van der Waals surface area contributed by atoms with Crippen LogP contribution in [0.1, 0.15) is 29.2 Å². The van der Waals surface area contributed by atoms with Crippen LogP contribution >= 0.6 is 11.5 Å². The second-order valence-electron chi connectivity index (χ2n) is 4.80. The number of hydrogen-bond acceptors (Lipinski definition) is 5. The maximum absolute atomic E-state index is 13.1. The summed E-state index contributed by atoms with van der Waals surface area (Å²) in [7, 11) is 0. The van der Waals surface area contributed by atoms with Gasteiger partial charge in [-0.3, -0.25) is 0 Å². The van der Waals surface area contributed by atoms with E-state index in [9.17, 15) is 4.39 Å². The van der Waals surface area contributed by atoms with E-state index in [0.29, 0.717) is 13.0 Å². The summed E-state index contributed by atoms with van der Waals surface area (Å²) in [5, 5.41) is 1.00. The van der Waals surface area contributed by atoms with Crippen LogP contribution in [0.2, 0.25) is 0 Å². The minimum absolute atomic E-state index is 0.0645. The third kappa shape index (κ3) is 4.63. The topological polar surface area (TPSA) is 77.8 Å². The molecule has 0 spiro atoms. The highest BCUT2D eigenvalue weighted by Gasteiger charge is 2.07. The van der Waals surface area contributed by atoms with Gasteiger partial charge in [-0.15, -0.1) is 0 Å². The Bertz CT molecular complexity index is 543. The van der Waals surface area contributed by atoms with E-state index < -0.39 is 0 Å². The quantitative estimate of drug-likeness (QED) is 0.817. The number of benzene rings is 1. The van der Waals surface area contributed by atoms with Gasteiger partial charge in [-0.1, -0.05) is 12.1 Å². The third-order valence-corrected chi connectivity index (χ3v) is 3.84. The summed E-state index contributed by atoms with van der Waals surface area (Å²) in [5.74, 6) is 0.521. The van der Waals surface area contributed by atoms with Gasteiger partial charge in [-0.05, 0) is 42.1 Å². The molecule has 0 bridgehead atoms. The molecule has 2 aromatic rings. The predicted molar refractivity (Wildman–Crippen MR) is 79.1 cm³/mol. The fourth-order valence-corrected chi connectivity index (χ4v) is 2.62. The summed E-state index contributed by atoms with van der Waals surface area (Å²) in [6.45, 7) is 0.515. The van der Waals surface area contributed by atoms with Crippen LogP contribution in [0.25, 0.3) is 0 Å². The van der Waals surface area contributed by atoms with Crippen molar-refractivity contribution >= 4 is 11.5 Å². The molecule has 0 aliphatic heterocycles. The van der Waals surface area contributed by atoms with Crippen LogP contribution in [0, 0.1) is 5.82 Å². The first-order chi connectivity index (χ1) is 9.67. The Labute approximate surface area is 122 Å². The van der Waals surface area contributed by atoms with Crippen molar-refractivity contribution in [3.63, 3.8) is 0 Å². The smallest absolute Gasteiger partial charge is 0.146 e. The Hall–Kier alpha value is -1.37. The van der Waals surface area contributed by atoms with Crippen LogP contribution in [-0.2, 0) is 12.8 Å². The van der Waals surface area contributed by atoms with Gasteiger partial charge in [-0.2, -0.15) is 4.37 Å². The van der Waals surface area contributed by atoms with E-state index >= 15 is 0 Å². The molecule has 1 aromatic heterocycles. The Kier molecular flexibility index (Phi) is 5.58. The number of nitrogens with two attached hydrogens (primary N) is 2. The SMILES string of the molecule is NCC(N)CCCc1nc(Cc2cccc(F)c2)ns1. The number of hydrogen-bond donors (Lipinski definition) is 2. The first kappa shape index (κ1) is 15.0. The average molecular weight is 294 g/mol. The highest BCUT2D eigenvalue weighted by atomic mass is 32.1. The molecule has 0 saturated carbocycles. The van der Waals surface area contributed by atoms with Crippen molar-refractivity contribution in [1.82, 2.24) is 9.36 Å². The molecule has 108 valence electrons. The minimum Gasteiger partial charge on any atom is -0.329 e. The van der Waals surface area contributed by atoms with Crippen LogP contribution in [0.15, 0.2) is 24.3 Å². The molecule has 2 rings (SSSR count). The van der Waals surface area contributed by atoms with Crippen LogP contribution in [0.4, 0.5) is 4.39 Å². The summed E-state index contributed by atoms with van der Waals surface area (Å²) in [5.41, 5.74) is 12.1. The van der Waals surface area contributed by atoms with Gasteiger partial charge in [0.1, 0.15) is 16.6 Å². The molecule has 1 aromatic carbocycles. The number of aromatic nitrogens is 2.